The summed E-state index contributed by atoms with van der Waals surface area (Å²) < 4.78 is 5.80. The molecule has 3 rings (SSSR count). The molecule has 0 aromatic heterocycles. The minimum atomic E-state index is 0.0910. The molecule has 3 aromatic carbocycles. The normalized spacial score (nSPS) is 10.5. The lowest BCUT2D eigenvalue weighted by Crippen LogP contribution is -1.95. The topological polar surface area (TPSA) is 29.5 Å². The highest BCUT2D eigenvalue weighted by atomic mass is 16.5. The van der Waals surface area contributed by atoms with Crippen LogP contribution in [-0.4, -0.2) is 5.11 Å². The monoisotopic (exact) mass is 304 g/mol. The van der Waals surface area contributed by atoms with Crippen LogP contribution in [-0.2, 0) is 19.6 Å². The second kappa shape index (κ2) is 7.61. The maximum Gasteiger partial charge on any atom is 0.119 e. The summed E-state index contributed by atoms with van der Waals surface area (Å²) in [5, 5.41) is 9.07. The summed E-state index contributed by atoms with van der Waals surface area (Å²) in [6, 6.07) is 26.4. The van der Waals surface area contributed by atoms with E-state index in [2.05, 4.69) is 36.4 Å². The summed E-state index contributed by atoms with van der Waals surface area (Å²) >= 11 is 0. The first-order valence-corrected chi connectivity index (χ1v) is 7.78. The first-order chi connectivity index (χ1) is 11.3. The van der Waals surface area contributed by atoms with Gasteiger partial charge in [0.25, 0.3) is 0 Å². The Balaban J connectivity index is 1.58. The summed E-state index contributed by atoms with van der Waals surface area (Å²) in [5.74, 6) is 0.883. The molecule has 0 amide bonds. The second-order valence-electron chi connectivity index (χ2n) is 5.57. The van der Waals surface area contributed by atoms with Gasteiger partial charge in [-0.05, 0) is 40.8 Å². The van der Waals surface area contributed by atoms with Gasteiger partial charge in [0.1, 0.15) is 12.4 Å². The fourth-order valence-corrected chi connectivity index (χ4v) is 2.44. The van der Waals surface area contributed by atoms with Crippen molar-refractivity contribution in [2.75, 3.05) is 0 Å². The molecule has 0 aliphatic carbocycles. The quantitative estimate of drug-likeness (QED) is 0.733. The van der Waals surface area contributed by atoms with E-state index in [1.54, 1.807) is 0 Å². The summed E-state index contributed by atoms with van der Waals surface area (Å²) in [4.78, 5) is 0. The van der Waals surface area contributed by atoms with Crippen LogP contribution in [0.1, 0.15) is 22.3 Å². The van der Waals surface area contributed by atoms with Crippen LogP contribution in [0, 0.1) is 0 Å². The highest BCUT2D eigenvalue weighted by Gasteiger charge is 1.99. The van der Waals surface area contributed by atoms with Gasteiger partial charge in [-0.15, -0.1) is 0 Å². The molecule has 3 aromatic rings. The Morgan fingerprint density at radius 1 is 0.609 bits per heavy atom. The average molecular weight is 304 g/mol. The molecule has 23 heavy (non-hydrogen) atoms. The molecule has 0 saturated carbocycles. The number of ether oxygens (including phenoxy) is 1. The minimum Gasteiger partial charge on any atom is -0.489 e. The fraction of sp³-hybridized carbons (Fsp3) is 0.143. The van der Waals surface area contributed by atoms with Gasteiger partial charge in [0.15, 0.2) is 0 Å². The largest absolute Gasteiger partial charge is 0.489 e. The predicted molar refractivity (Wildman–Crippen MR) is 92.4 cm³/mol. The van der Waals surface area contributed by atoms with Gasteiger partial charge in [0.2, 0.25) is 0 Å². The molecule has 116 valence electrons. The molecule has 1 N–H and O–H groups in total. The van der Waals surface area contributed by atoms with Crippen LogP contribution in [0.25, 0.3) is 0 Å². The average Bonchev–Trinajstić information content (AvgIpc) is 2.63. The van der Waals surface area contributed by atoms with Gasteiger partial charge in [-0.2, -0.15) is 0 Å². The van der Waals surface area contributed by atoms with E-state index in [1.807, 2.05) is 42.5 Å². The lowest BCUT2D eigenvalue weighted by Gasteiger charge is -2.08. The number of rotatable bonds is 6. The molecule has 2 nitrogen and oxygen atoms in total. The predicted octanol–water partition coefficient (Wildman–Crippen LogP) is 4.35. The third kappa shape index (κ3) is 4.44. The molecular weight excluding hydrogens is 284 g/mol. The van der Waals surface area contributed by atoms with Crippen molar-refractivity contribution < 1.29 is 9.84 Å². The maximum atomic E-state index is 9.07. The van der Waals surface area contributed by atoms with Gasteiger partial charge in [0, 0.05) is 0 Å². The van der Waals surface area contributed by atoms with Gasteiger partial charge < -0.3 is 9.84 Å². The lowest BCUT2D eigenvalue weighted by atomic mass is 10.0. The van der Waals surface area contributed by atoms with Gasteiger partial charge >= 0.3 is 0 Å². The Morgan fingerprint density at radius 2 is 1.17 bits per heavy atom. The molecule has 0 fully saturated rings. The van der Waals surface area contributed by atoms with E-state index in [0.29, 0.717) is 6.61 Å². The van der Waals surface area contributed by atoms with Crippen LogP contribution < -0.4 is 4.74 Å². The van der Waals surface area contributed by atoms with E-state index in [0.717, 1.165) is 17.7 Å². The molecule has 0 aliphatic rings. The second-order valence-corrected chi connectivity index (χ2v) is 5.57. The minimum absolute atomic E-state index is 0.0910. The first-order valence-electron chi connectivity index (χ1n) is 7.78. The number of benzene rings is 3. The van der Waals surface area contributed by atoms with E-state index in [4.69, 9.17) is 9.84 Å². The van der Waals surface area contributed by atoms with E-state index in [9.17, 15) is 0 Å². The Hall–Kier alpha value is -2.58. The third-order valence-electron chi connectivity index (χ3n) is 3.79. The zero-order chi connectivity index (χ0) is 15.9. The van der Waals surface area contributed by atoms with E-state index in [-0.39, 0.29) is 6.61 Å². The molecule has 2 heteroatoms. The number of hydrogen-bond donors (Lipinski definition) is 1. The Morgan fingerprint density at radius 3 is 1.78 bits per heavy atom. The maximum absolute atomic E-state index is 9.07. The van der Waals surface area contributed by atoms with Crippen molar-refractivity contribution in [3.8, 4) is 5.75 Å². The van der Waals surface area contributed by atoms with Crippen LogP contribution in [0.3, 0.4) is 0 Å². The Kier molecular flexibility index (Phi) is 5.07. The van der Waals surface area contributed by atoms with Crippen molar-refractivity contribution >= 4 is 0 Å². The lowest BCUT2D eigenvalue weighted by molar-refractivity contribution is 0.282. The van der Waals surface area contributed by atoms with Crippen molar-refractivity contribution in [1.29, 1.82) is 0 Å². The third-order valence-corrected chi connectivity index (χ3v) is 3.79. The first kappa shape index (κ1) is 15.3. The van der Waals surface area contributed by atoms with Gasteiger partial charge in [0.05, 0.1) is 6.61 Å². The van der Waals surface area contributed by atoms with E-state index in [1.165, 1.54) is 16.7 Å². The van der Waals surface area contributed by atoms with Crippen LogP contribution in [0.2, 0.25) is 0 Å². The van der Waals surface area contributed by atoms with Gasteiger partial charge in [-0.1, -0.05) is 66.7 Å². The van der Waals surface area contributed by atoms with Crippen molar-refractivity contribution in [1.82, 2.24) is 0 Å². The van der Waals surface area contributed by atoms with Crippen molar-refractivity contribution in [2.24, 2.45) is 0 Å². The van der Waals surface area contributed by atoms with Crippen LogP contribution in [0.4, 0.5) is 0 Å². The standard InChI is InChI=1S/C21H20O2/c22-15-19-8-6-17(7-9-19)14-18-10-12-21(13-11-18)23-16-20-4-2-1-3-5-20/h1-13,22H,14-16H2. The molecule has 0 radical (unpaired) electrons. The van der Waals surface area contributed by atoms with E-state index >= 15 is 0 Å². The number of aliphatic hydroxyl groups is 1. The van der Waals surface area contributed by atoms with Crippen molar-refractivity contribution in [2.45, 2.75) is 19.6 Å². The van der Waals surface area contributed by atoms with Gasteiger partial charge in [-0.25, -0.2) is 0 Å². The van der Waals surface area contributed by atoms with E-state index < -0.39 is 0 Å². The molecular formula is C21H20O2. The van der Waals surface area contributed by atoms with Crippen LogP contribution >= 0.6 is 0 Å². The summed E-state index contributed by atoms with van der Waals surface area (Å²) in [6.07, 6.45) is 0.880. The number of aliphatic hydroxyl groups excluding tert-OH is 1. The molecule has 0 spiro atoms. The van der Waals surface area contributed by atoms with Crippen molar-refractivity contribution in [3.63, 3.8) is 0 Å². The fourth-order valence-electron chi connectivity index (χ4n) is 2.44. The summed E-state index contributed by atoms with van der Waals surface area (Å²) in [5.41, 5.74) is 4.59. The zero-order valence-corrected chi connectivity index (χ0v) is 13.0. The van der Waals surface area contributed by atoms with Crippen LogP contribution in [0.5, 0.6) is 5.75 Å². The molecule has 0 bridgehead atoms. The summed E-state index contributed by atoms with van der Waals surface area (Å²) in [6.45, 7) is 0.677. The highest BCUT2D eigenvalue weighted by Crippen LogP contribution is 2.17. The van der Waals surface area contributed by atoms with Gasteiger partial charge in [-0.3, -0.25) is 0 Å². The molecule has 0 unspecified atom stereocenters. The number of hydrogen-bond acceptors (Lipinski definition) is 2. The highest BCUT2D eigenvalue weighted by molar-refractivity contribution is 5.32. The molecule has 0 atom stereocenters. The molecule has 0 aliphatic heterocycles. The Labute approximate surface area is 137 Å². The Bertz CT molecular complexity index is 716. The molecule has 0 heterocycles. The smallest absolute Gasteiger partial charge is 0.119 e. The summed E-state index contributed by atoms with van der Waals surface area (Å²) in [7, 11) is 0. The van der Waals surface area contributed by atoms with Crippen molar-refractivity contribution in [3.05, 3.63) is 101 Å². The SMILES string of the molecule is OCc1ccc(Cc2ccc(OCc3ccccc3)cc2)cc1. The molecule has 0 saturated heterocycles. The van der Waals surface area contributed by atoms with Crippen LogP contribution in [0.15, 0.2) is 78.9 Å². The zero-order valence-electron chi connectivity index (χ0n) is 13.0.